The topological polar surface area (TPSA) is 61.7 Å². The van der Waals surface area contributed by atoms with Crippen LogP contribution in [0.2, 0.25) is 0 Å². The Morgan fingerprint density at radius 2 is 1.94 bits per heavy atom. The van der Waals surface area contributed by atoms with E-state index in [-0.39, 0.29) is 12.6 Å². The van der Waals surface area contributed by atoms with Gasteiger partial charge in [0.05, 0.1) is 25.9 Å². The average molecular weight is 239 g/mol. The zero-order valence-electron chi connectivity index (χ0n) is 10.2. The van der Waals surface area contributed by atoms with E-state index >= 15 is 0 Å². The second-order valence-corrected chi connectivity index (χ2v) is 3.93. The average Bonchev–Trinajstić information content (AvgIpc) is 2.38. The van der Waals surface area contributed by atoms with Gasteiger partial charge in [-0.05, 0) is 12.5 Å². The van der Waals surface area contributed by atoms with E-state index in [1.165, 1.54) is 0 Å². The first kappa shape index (κ1) is 14.1. The molecule has 0 aliphatic carbocycles. The lowest BCUT2D eigenvalue weighted by Gasteiger charge is -2.20. The van der Waals surface area contributed by atoms with Gasteiger partial charge in [0.25, 0.3) is 0 Å². The molecule has 0 saturated heterocycles. The van der Waals surface area contributed by atoms with Gasteiger partial charge in [-0.15, -0.1) is 0 Å². The molecule has 4 heteroatoms. The summed E-state index contributed by atoms with van der Waals surface area (Å²) in [6.07, 6.45) is -0.519. The standard InChI is InChI=1S/C13H21NO3/c1-11(14-7-9-17-10-8-15)13(16)12-5-3-2-4-6-12/h2-6,11,13-16H,7-10H2,1H3. The van der Waals surface area contributed by atoms with Crippen molar-refractivity contribution in [2.24, 2.45) is 0 Å². The maximum Gasteiger partial charge on any atom is 0.0940 e. The van der Waals surface area contributed by atoms with Crippen molar-refractivity contribution in [3.8, 4) is 0 Å². The third kappa shape index (κ3) is 5.28. The zero-order chi connectivity index (χ0) is 12.5. The molecule has 2 unspecified atom stereocenters. The van der Waals surface area contributed by atoms with Crippen molar-refractivity contribution >= 4 is 0 Å². The van der Waals surface area contributed by atoms with Crippen LogP contribution in [0.1, 0.15) is 18.6 Å². The third-order valence-corrected chi connectivity index (χ3v) is 2.56. The number of hydrogen-bond donors (Lipinski definition) is 3. The summed E-state index contributed by atoms with van der Waals surface area (Å²) in [4.78, 5) is 0. The first-order chi connectivity index (χ1) is 8.25. The van der Waals surface area contributed by atoms with E-state index in [1.54, 1.807) is 0 Å². The SMILES string of the molecule is CC(NCCOCCO)C(O)c1ccccc1. The lowest BCUT2D eigenvalue weighted by molar-refractivity contribution is 0.0849. The molecule has 4 nitrogen and oxygen atoms in total. The van der Waals surface area contributed by atoms with E-state index in [2.05, 4.69) is 5.32 Å². The Morgan fingerprint density at radius 1 is 1.24 bits per heavy atom. The Bertz CT molecular complexity index is 292. The van der Waals surface area contributed by atoms with Gasteiger partial charge in [-0.25, -0.2) is 0 Å². The lowest BCUT2D eigenvalue weighted by atomic mass is 10.0. The fourth-order valence-electron chi connectivity index (χ4n) is 1.58. The molecule has 0 heterocycles. The van der Waals surface area contributed by atoms with Crippen molar-refractivity contribution < 1.29 is 14.9 Å². The Morgan fingerprint density at radius 3 is 2.59 bits per heavy atom. The van der Waals surface area contributed by atoms with Crippen LogP contribution in [-0.4, -0.2) is 42.6 Å². The van der Waals surface area contributed by atoms with Crippen LogP contribution in [0.3, 0.4) is 0 Å². The number of rotatable bonds is 8. The fourth-order valence-corrected chi connectivity index (χ4v) is 1.58. The van der Waals surface area contributed by atoms with Crippen LogP contribution < -0.4 is 5.32 Å². The first-order valence-corrected chi connectivity index (χ1v) is 5.90. The van der Waals surface area contributed by atoms with E-state index < -0.39 is 6.10 Å². The highest BCUT2D eigenvalue weighted by molar-refractivity contribution is 5.18. The van der Waals surface area contributed by atoms with Gasteiger partial charge in [-0.1, -0.05) is 30.3 Å². The highest BCUT2D eigenvalue weighted by Crippen LogP contribution is 2.15. The molecule has 2 atom stereocenters. The predicted octanol–water partition coefficient (Wildman–Crippen LogP) is 0.707. The molecule has 0 aliphatic heterocycles. The molecule has 3 N–H and O–H groups in total. The van der Waals surface area contributed by atoms with Gasteiger partial charge >= 0.3 is 0 Å². The zero-order valence-corrected chi connectivity index (χ0v) is 10.2. The minimum Gasteiger partial charge on any atom is -0.394 e. The van der Waals surface area contributed by atoms with E-state index in [0.717, 1.165) is 5.56 Å². The molecule has 1 rings (SSSR count). The molecule has 96 valence electrons. The maximum absolute atomic E-state index is 10.0. The third-order valence-electron chi connectivity index (χ3n) is 2.56. The van der Waals surface area contributed by atoms with Crippen molar-refractivity contribution in [1.82, 2.24) is 5.32 Å². The largest absolute Gasteiger partial charge is 0.394 e. The normalized spacial score (nSPS) is 14.5. The second kappa shape index (κ2) is 8.20. The Labute approximate surface area is 102 Å². The summed E-state index contributed by atoms with van der Waals surface area (Å²) in [5.74, 6) is 0. The van der Waals surface area contributed by atoms with Crippen molar-refractivity contribution in [1.29, 1.82) is 0 Å². The molecular formula is C13H21NO3. The highest BCUT2D eigenvalue weighted by Gasteiger charge is 2.14. The monoisotopic (exact) mass is 239 g/mol. The van der Waals surface area contributed by atoms with Crippen LogP contribution in [0.5, 0.6) is 0 Å². The van der Waals surface area contributed by atoms with Crippen LogP contribution in [0.4, 0.5) is 0 Å². The molecular weight excluding hydrogens is 218 g/mol. The molecule has 0 radical (unpaired) electrons. The van der Waals surface area contributed by atoms with Crippen molar-refractivity contribution in [2.45, 2.75) is 19.1 Å². The molecule has 0 spiro atoms. The van der Waals surface area contributed by atoms with Gasteiger partial charge < -0.3 is 20.3 Å². The smallest absolute Gasteiger partial charge is 0.0940 e. The number of aliphatic hydroxyl groups is 2. The number of nitrogens with one attached hydrogen (secondary N) is 1. The Hall–Kier alpha value is -0.940. The summed E-state index contributed by atoms with van der Waals surface area (Å²) in [6.45, 7) is 3.53. The predicted molar refractivity (Wildman–Crippen MR) is 66.8 cm³/mol. The minimum absolute atomic E-state index is 0.0323. The van der Waals surface area contributed by atoms with E-state index in [0.29, 0.717) is 19.8 Å². The summed E-state index contributed by atoms with van der Waals surface area (Å²) in [5, 5.41) is 21.8. The molecule has 1 aromatic rings. The van der Waals surface area contributed by atoms with Gasteiger partial charge in [0.1, 0.15) is 0 Å². The van der Waals surface area contributed by atoms with Crippen LogP contribution in [0, 0.1) is 0 Å². The fraction of sp³-hybridized carbons (Fsp3) is 0.538. The number of benzene rings is 1. The van der Waals surface area contributed by atoms with E-state index in [4.69, 9.17) is 9.84 Å². The molecule has 0 bridgehead atoms. The number of hydrogen-bond acceptors (Lipinski definition) is 4. The molecule has 1 aromatic carbocycles. The molecule has 17 heavy (non-hydrogen) atoms. The van der Waals surface area contributed by atoms with Crippen molar-refractivity contribution in [3.05, 3.63) is 35.9 Å². The van der Waals surface area contributed by atoms with E-state index in [9.17, 15) is 5.11 Å². The van der Waals surface area contributed by atoms with Crippen LogP contribution in [-0.2, 0) is 4.74 Å². The first-order valence-electron chi connectivity index (χ1n) is 5.90. The molecule has 0 saturated carbocycles. The molecule has 0 amide bonds. The number of aliphatic hydroxyl groups excluding tert-OH is 2. The summed E-state index contributed by atoms with van der Waals surface area (Å²) >= 11 is 0. The summed E-state index contributed by atoms with van der Waals surface area (Å²) < 4.78 is 5.12. The van der Waals surface area contributed by atoms with Crippen molar-refractivity contribution in [3.63, 3.8) is 0 Å². The Balaban J connectivity index is 2.25. The quantitative estimate of drug-likeness (QED) is 0.585. The van der Waals surface area contributed by atoms with Gasteiger partial charge in [-0.3, -0.25) is 0 Å². The number of ether oxygens (including phenoxy) is 1. The molecule has 0 fully saturated rings. The molecule has 0 aliphatic rings. The van der Waals surface area contributed by atoms with E-state index in [1.807, 2.05) is 37.3 Å². The van der Waals surface area contributed by atoms with Crippen LogP contribution in [0.15, 0.2) is 30.3 Å². The lowest BCUT2D eigenvalue weighted by Crippen LogP contribution is -2.34. The minimum atomic E-state index is -0.519. The van der Waals surface area contributed by atoms with Crippen LogP contribution in [0.25, 0.3) is 0 Å². The van der Waals surface area contributed by atoms with Gasteiger partial charge in [0.15, 0.2) is 0 Å². The van der Waals surface area contributed by atoms with Gasteiger partial charge in [-0.2, -0.15) is 0 Å². The van der Waals surface area contributed by atoms with Gasteiger partial charge in [0, 0.05) is 12.6 Å². The Kier molecular flexibility index (Phi) is 6.81. The van der Waals surface area contributed by atoms with Crippen molar-refractivity contribution in [2.75, 3.05) is 26.4 Å². The molecule has 0 aromatic heterocycles. The van der Waals surface area contributed by atoms with Gasteiger partial charge in [0.2, 0.25) is 0 Å². The summed E-state index contributed by atoms with van der Waals surface area (Å²) in [7, 11) is 0. The highest BCUT2D eigenvalue weighted by atomic mass is 16.5. The van der Waals surface area contributed by atoms with Crippen LogP contribution >= 0.6 is 0 Å². The second-order valence-electron chi connectivity index (χ2n) is 3.93. The maximum atomic E-state index is 10.0. The summed E-state index contributed by atoms with van der Waals surface area (Å²) in [5.41, 5.74) is 0.906. The summed E-state index contributed by atoms with van der Waals surface area (Å²) in [6, 6.07) is 9.54.